The number of aromatic nitrogens is 1. The summed E-state index contributed by atoms with van der Waals surface area (Å²) in [5.74, 6) is -0.297. The highest BCUT2D eigenvalue weighted by Crippen LogP contribution is 2.29. The van der Waals surface area contributed by atoms with Gasteiger partial charge in [0.2, 0.25) is 0 Å². The zero-order valence-electron chi connectivity index (χ0n) is 10.2. The quantitative estimate of drug-likeness (QED) is 0.640. The summed E-state index contributed by atoms with van der Waals surface area (Å²) in [5.41, 5.74) is -0.733. The van der Waals surface area contributed by atoms with Crippen molar-refractivity contribution < 1.29 is 22.7 Å². The average molecular weight is 281 g/mol. The van der Waals surface area contributed by atoms with Crippen LogP contribution in [-0.4, -0.2) is 11.0 Å². The number of alkyl halides is 3. The summed E-state index contributed by atoms with van der Waals surface area (Å²) in [6.45, 7) is 0. The lowest BCUT2D eigenvalue weighted by molar-refractivity contribution is -0.138. The predicted molar refractivity (Wildman–Crippen MR) is 65.0 cm³/mol. The van der Waals surface area contributed by atoms with Gasteiger partial charge in [0.1, 0.15) is 5.75 Å². The fraction of sp³-hybridized carbons (Fsp3) is 0.143. The van der Waals surface area contributed by atoms with Crippen LogP contribution in [0, 0.1) is 0 Å². The molecule has 0 aliphatic rings. The molecule has 2 rings (SSSR count). The van der Waals surface area contributed by atoms with Crippen LogP contribution in [0.4, 0.5) is 13.2 Å². The highest BCUT2D eigenvalue weighted by atomic mass is 19.4. The number of nitrogens with zero attached hydrogens (tertiary/aromatic N) is 1. The number of benzene rings is 1. The molecule has 1 aromatic carbocycles. The summed E-state index contributed by atoms with van der Waals surface area (Å²) in [6, 6.07) is 9.20. The summed E-state index contributed by atoms with van der Waals surface area (Å²) >= 11 is 0. The number of ether oxygens (including phenoxy) is 1. The number of hydrogen-bond acceptors (Lipinski definition) is 3. The molecule has 104 valence electrons. The number of pyridine rings is 1. The van der Waals surface area contributed by atoms with Crippen molar-refractivity contribution in [1.82, 2.24) is 4.98 Å². The standard InChI is InChI=1S/C14H10F3NO2/c15-14(16,17)11-6-10(8-18-9-11)7-13(19)20-12-4-2-1-3-5-12/h1-6,8-9H,7H2. The Morgan fingerprint density at radius 2 is 1.85 bits per heavy atom. The van der Waals surface area contributed by atoms with Crippen LogP contribution in [-0.2, 0) is 17.4 Å². The molecule has 6 heteroatoms. The lowest BCUT2D eigenvalue weighted by Gasteiger charge is -2.08. The van der Waals surface area contributed by atoms with E-state index in [1.807, 2.05) is 0 Å². The number of carbonyl (C=O) groups excluding carboxylic acids is 1. The molecular formula is C14H10F3NO2. The minimum Gasteiger partial charge on any atom is -0.426 e. The minimum atomic E-state index is -4.48. The van der Waals surface area contributed by atoms with Crippen LogP contribution >= 0.6 is 0 Å². The molecule has 20 heavy (non-hydrogen) atoms. The molecule has 0 aliphatic carbocycles. The van der Waals surface area contributed by atoms with Crippen molar-refractivity contribution >= 4 is 5.97 Å². The number of halogens is 3. The number of carbonyl (C=O) groups is 1. The number of hydrogen-bond donors (Lipinski definition) is 0. The summed E-state index contributed by atoms with van der Waals surface area (Å²) in [4.78, 5) is 15.1. The Morgan fingerprint density at radius 1 is 1.15 bits per heavy atom. The highest BCUT2D eigenvalue weighted by Gasteiger charge is 2.31. The van der Waals surface area contributed by atoms with Crippen molar-refractivity contribution in [3.8, 4) is 5.75 Å². The first-order valence-corrected chi connectivity index (χ1v) is 5.72. The summed E-state index contributed by atoms with van der Waals surface area (Å²) in [6.07, 6.45) is -2.83. The molecule has 0 radical (unpaired) electrons. The third kappa shape index (κ3) is 3.81. The van der Waals surface area contributed by atoms with Crippen LogP contribution < -0.4 is 4.74 Å². The van der Waals surface area contributed by atoms with Crippen molar-refractivity contribution in [3.05, 3.63) is 59.9 Å². The molecule has 0 aliphatic heterocycles. The smallest absolute Gasteiger partial charge is 0.417 e. The van der Waals surface area contributed by atoms with E-state index in [1.165, 1.54) is 6.20 Å². The van der Waals surface area contributed by atoms with Gasteiger partial charge < -0.3 is 4.74 Å². The van der Waals surface area contributed by atoms with Crippen LogP contribution in [0.1, 0.15) is 11.1 Å². The number of para-hydroxylation sites is 1. The monoisotopic (exact) mass is 281 g/mol. The molecule has 0 N–H and O–H groups in total. The Morgan fingerprint density at radius 3 is 2.50 bits per heavy atom. The van der Waals surface area contributed by atoms with Gasteiger partial charge in [-0.1, -0.05) is 18.2 Å². The molecule has 0 saturated heterocycles. The van der Waals surface area contributed by atoms with E-state index in [2.05, 4.69) is 4.98 Å². The molecule has 0 unspecified atom stereocenters. The molecule has 0 saturated carbocycles. The normalized spacial score (nSPS) is 11.2. The molecule has 2 aromatic rings. The molecule has 3 nitrogen and oxygen atoms in total. The third-order valence-electron chi connectivity index (χ3n) is 2.45. The third-order valence-corrected chi connectivity index (χ3v) is 2.45. The van der Waals surface area contributed by atoms with E-state index < -0.39 is 17.7 Å². The van der Waals surface area contributed by atoms with Crippen LogP contribution in [0.5, 0.6) is 5.75 Å². The second-order valence-electron chi connectivity index (χ2n) is 4.04. The summed E-state index contributed by atoms with van der Waals surface area (Å²) < 4.78 is 42.5. The Kier molecular flexibility index (Phi) is 4.02. The second kappa shape index (κ2) is 5.73. The van der Waals surface area contributed by atoms with Gasteiger partial charge in [-0.2, -0.15) is 13.2 Å². The summed E-state index contributed by atoms with van der Waals surface area (Å²) in [7, 11) is 0. The van der Waals surface area contributed by atoms with Crippen molar-refractivity contribution in [2.75, 3.05) is 0 Å². The first-order chi connectivity index (χ1) is 9.45. The lowest BCUT2D eigenvalue weighted by Crippen LogP contribution is -2.13. The van der Waals surface area contributed by atoms with Crippen molar-refractivity contribution in [1.29, 1.82) is 0 Å². The molecule has 1 aromatic heterocycles. The minimum absolute atomic E-state index is 0.153. The summed E-state index contributed by atoms with van der Waals surface area (Å²) in [5, 5.41) is 0. The van der Waals surface area contributed by atoms with E-state index in [9.17, 15) is 18.0 Å². The lowest BCUT2D eigenvalue weighted by atomic mass is 10.1. The van der Waals surface area contributed by atoms with E-state index in [-0.39, 0.29) is 12.0 Å². The zero-order valence-corrected chi connectivity index (χ0v) is 10.2. The van der Waals surface area contributed by atoms with Crippen molar-refractivity contribution in [2.24, 2.45) is 0 Å². The Labute approximate surface area is 113 Å². The van der Waals surface area contributed by atoms with Crippen molar-refractivity contribution in [3.63, 3.8) is 0 Å². The Hall–Kier alpha value is -2.37. The second-order valence-corrected chi connectivity index (χ2v) is 4.04. The molecule has 1 heterocycles. The van der Waals surface area contributed by atoms with Gasteiger partial charge in [-0.3, -0.25) is 9.78 Å². The van der Waals surface area contributed by atoms with E-state index in [0.29, 0.717) is 11.9 Å². The topological polar surface area (TPSA) is 39.2 Å². The van der Waals surface area contributed by atoms with Crippen LogP contribution in [0.25, 0.3) is 0 Å². The van der Waals surface area contributed by atoms with Crippen molar-refractivity contribution in [2.45, 2.75) is 12.6 Å². The maximum atomic E-state index is 12.5. The van der Waals surface area contributed by atoms with Gasteiger partial charge in [0.05, 0.1) is 12.0 Å². The predicted octanol–water partition coefficient (Wildman–Crippen LogP) is 3.25. The Bertz CT molecular complexity index is 597. The fourth-order valence-corrected chi connectivity index (χ4v) is 1.56. The van der Waals surface area contributed by atoms with Crippen LogP contribution in [0.2, 0.25) is 0 Å². The van der Waals surface area contributed by atoms with Gasteiger partial charge in [-0.05, 0) is 23.8 Å². The fourth-order valence-electron chi connectivity index (χ4n) is 1.56. The maximum absolute atomic E-state index is 12.5. The molecule has 0 fully saturated rings. The number of esters is 1. The first kappa shape index (κ1) is 14.0. The van der Waals surface area contributed by atoms with Gasteiger partial charge in [0.15, 0.2) is 0 Å². The molecule has 0 atom stereocenters. The SMILES string of the molecule is O=C(Cc1cncc(C(F)(F)F)c1)Oc1ccccc1. The van der Waals surface area contributed by atoms with Gasteiger partial charge in [0, 0.05) is 12.4 Å². The largest absolute Gasteiger partial charge is 0.426 e. The molecule has 0 bridgehead atoms. The maximum Gasteiger partial charge on any atom is 0.417 e. The van der Waals surface area contributed by atoms with Gasteiger partial charge in [-0.15, -0.1) is 0 Å². The molecule has 0 spiro atoms. The molecular weight excluding hydrogens is 271 g/mol. The van der Waals surface area contributed by atoms with Gasteiger partial charge in [0.25, 0.3) is 0 Å². The van der Waals surface area contributed by atoms with Crippen LogP contribution in [0.15, 0.2) is 48.8 Å². The van der Waals surface area contributed by atoms with E-state index in [4.69, 9.17) is 4.74 Å². The van der Waals surface area contributed by atoms with E-state index in [1.54, 1.807) is 30.3 Å². The Balaban J connectivity index is 2.05. The van der Waals surface area contributed by atoms with E-state index >= 15 is 0 Å². The number of rotatable bonds is 3. The first-order valence-electron chi connectivity index (χ1n) is 5.72. The van der Waals surface area contributed by atoms with Gasteiger partial charge >= 0.3 is 12.1 Å². The highest BCUT2D eigenvalue weighted by molar-refractivity contribution is 5.75. The zero-order chi connectivity index (χ0) is 14.6. The molecule has 0 amide bonds. The van der Waals surface area contributed by atoms with Crippen LogP contribution in [0.3, 0.4) is 0 Å². The van der Waals surface area contributed by atoms with E-state index in [0.717, 1.165) is 6.07 Å². The van der Waals surface area contributed by atoms with Gasteiger partial charge in [-0.25, -0.2) is 0 Å². The average Bonchev–Trinajstić information content (AvgIpc) is 2.39.